The fraction of sp³-hybridized carbons (Fsp3) is 0.442. The van der Waals surface area contributed by atoms with Crippen LogP contribution in [0.25, 0.3) is 0 Å². The van der Waals surface area contributed by atoms with E-state index in [1.54, 1.807) is 30.4 Å². The Bertz CT molecular complexity index is 1980. The van der Waals surface area contributed by atoms with Crippen LogP contribution in [0.2, 0.25) is 0 Å². The molecule has 5 atom stereocenters. The van der Waals surface area contributed by atoms with Gasteiger partial charge in [0.1, 0.15) is 29.4 Å². The molecule has 0 radical (unpaired) electrons. The van der Waals surface area contributed by atoms with Crippen LogP contribution in [-0.4, -0.2) is 123 Å². The maximum Gasteiger partial charge on any atom is 0.281 e. The van der Waals surface area contributed by atoms with E-state index in [0.717, 1.165) is 16.7 Å². The van der Waals surface area contributed by atoms with Gasteiger partial charge in [-0.05, 0) is 68.7 Å². The zero-order chi connectivity index (χ0) is 42.1. The molecule has 0 N–H and O–H groups in total. The molecule has 1 amide bonds. The first-order valence-electron chi connectivity index (χ1n) is 19.6. The number of hydrogen-bond acceptors (Lipinski definition) is 13. The van der Waals surface area contributed by atoms with Crippen LogP contribution in [0.5, 0.6) is 11.5 Å². The molecule has 3 aliphatic heterocycles. The Morgan fingerprint density at radius 3 is 2.12 bits per heavy atom. The van der Waals surface area contributed by atoms with Crippen LogP contribution in [0.4, 0.5) is 0 Å². The highest BCUT2D eigenvalue weighted by Crippen LogP contribution is 2.50. The number of fused-ring (bicyclic) bond motifs is 1. The minimum Gasteiger partial charge on any atom is -0.497 e. The van der Waals surface area contributed by atoms with E-state index in [4.69, 9.17) is 28.0 Å². The minimum absolute atomic E-state index is 0.0293. The van der Waals surface area contributed by atoms with E-state index >= 15 is 0 Å². The van der Waals surface area contributed by atoms with Crippen LogP contribution in [0.3, 0.4) is 0 Å². The topological polar surface area (TPSA) is 155 Å². The third-order valence-corrected chi connectivity index (χ3v) is 12.1. The lowest BCUT2D eigenvalue weighted by atomic mass is 9.80. The number of amides is 1. The van der Waals surface area contributed by atoms with Crippen molar-refractivity contribution in [1.29, 1.82) is 5.26 Å². The van der Waals surface area contributed by atoms with Crippen molar-refractivity contribution in [2.45, 2.75) is 82.7 Å². The molecule has 59 heavy (non-hydrogen) atoms. The minimum atomic E-state index is -1.67. The molecule has 0 saturated carbocycles. The van der Waals surface area contributed by atoms with Crippen LogP contribution < -0.4 is 9.47 Å². The number of aliphatic imine (C=N–C) groups is 4. The van der Waals surface area contributed by atoms with Gasteiger partial charge in [-0.25, -0.2) is 9.66 Å². The summed E-state index contributed by atoms with van der Waals surface area (Å²) >= 11 is 0. The quantitative estimate of drug-likeness (QED) is 0.0461. The largest absolute Gasteiger partial charge is 0.497 e. The molecule has 16 heteroatoms. The van der Waals surface area contributed by atoms with E-state index < -0.39 is 44.5 Å². The summed E-state index contributed by atoms with van der Waals surface area (Å²) < 4.78 is 40.9. The number of ether oxygens (including phenoxy) is 4. The predicted molar refractivity (Wildman–Crippen MR) is 228 cm³/mol. The average molecular weight is 825 g/mol. The van der Waals surface area contributed by atoms with Gasteiger partial charge in [-0.1, -0.05) is 54.6 Å². The maximum atomic E-state index is 13.2. The van der Waals surface area contributed by atoms with Crippen molar-refractivity contribution >= 4 is 38.9 Å². The normalized spacial score (nSPS) is 20.9. The van der Waals surface area contributed by atoms with Gasteiger partial charge in [0.05, 0.1) is 58.7 Å². The monoisotopic (exact) mass is 824 g/mol. The molecular formula is C43H53N8O7P. The van der Waals surface area contributed by atoms with Gasteiger partial charge in [0.2, 0.25) is 0 Å². The van der Waals surface area contributed by atoms with Crippen LogP contribution in [0.1, 0.15) is 57.2 Å². The van der Waals surface area contributed by atoms with Crippen LogP contribution in [-0.2, 0) is 28.9 Å². The molecule has 3 aliphatic rings. The molecule has 2 unspecified atom stereocenters. The Balaban J connectivity index is 1.41. The van der Waals surface area contributed by atoms with E-state index in [-0.39, 0.29) is 37.7 Å². The number of carbonyl (C=O) groups is 1. The predicted octanol–water partition coefficient (Wildman–Crippen LogP) is 6.39. The van der Waals surface area contributed by atoms with Gasteiger partial charge < -0.3 is 32.9 Å². The molecule has 6 rings (SSSR count). The molecule has 0 aliphatic carbocycles. The molecule has 312 valence electrons. The second-order valence-electron chi connectivity index (χ2n) is 14.9. The van der Waals surface area contributed by atoms with Crippen LogP contribution >= 0.6 is 8.53 Å². The molecule has 3 heterocycles. The standard InChI is InChI=1S/C43H53N8O7P/c1-29(2)51(30(3)4)59(56-24-12-23-44)58-36-25-38(50-28-45-39-40(50)47-42(48-41(39)52)46-27-49(5)6)57-37(36)26-55-43(31-13-10-9-11-14-31,32-15-19-34(53-7)20-16-32)33-17-21-35(54-8)22-18-33/h9-11,13-22,27-30,36-39H,12,24-26H2,1-8H3/b46-27-/t36-,37+,38+,39?,59?/m0/s1. The molecular weight excluding hydrogens is 771 g/mol. The summed E-state index contributed by atoms with van der Waals surface area (Å²) in [6, 6.07) is 27.1. The number of guanidine groups is 1. The van der Waals surface area contributed by atoms with Crippen molar-refractivity contribution in [3.05, 3.63) is 95.6 Å². The molecule has 0 bridgehead atoms. The van der Waals surface area contributed by atoms with Crippen molar-refractivity contribution in [3.8, 4) is 17.6 Å². The number of amidine groups is 1. The summed E-state index contributed by atoms with van der Waals surface area (Å²) in [7, 11) is 5.24. The van der Waals surface area contributed by atoms with Crippen molar-refractivity contribution in [2.24, 2.45) is 20.0 Å². The zero-order valence-electron chi connectivity index (χ0n) is 34.8. The van der Waals surface area contributed by atoms with E-state index in [1.165, 1.54) is 6.34 Å². The van der Waals surface area contributed by atoms with Crippen molar-refractivity contribution in [1.82, 2.24) is 14.5 Å². The van der Waals surface area contributed by atoms with E-state index in [1.807, 2.05) is 93.0 Å². The van der Waals surface area contributed by atoms with Gasteiger partial charge in [0.15, 0.2) is 11.9 Å². The van der Waals surface area contributed by atoms with E-state index in [9.17, 15) is 10.1 Å². The Hall–Kier alpha value is -5.07. The number of carbonyl (C=O) groups excluding carboxylic acids is 1. The Morgan fingerprint density at radius 1 is 0.949 bits per heavy atom. The lowest BCUT2D eigenvalue weighted by molar-refractivity contribution is -0.117. The summed E-state index contributed by atoms with van der Waals surface area (Å²) in [5.74, 6) is 1.36. The number of nitrogens with zero attached hydrogens (tertiary/aromatic N) is 8. The van der Waals surface area contributed by atoms with Crippen molar-refractivity contribution in [2.75, 3.05) is 41.5 Å². The molecule has 0 aromatic heterocycles. The van der Waals surface area contributed by atoms with Crippen molar-refractivity contribution < 1.29 is 32.8 Å². The molecule has 15 nitrogen and oxygen atoms in total. The van der Waals surface area contributed by atoms with Gasteiger partial charge in [0, 0.05) is 32.6 Å². The van der Waals surface area contributed by atoms with Crippen molar-refractivity contribution in [3.63, 3.8) is 0 Å². The maximum absolute atomic E-state index is 13.2. The molecule has 0 spiro atoms. The van der Waals surface area contributed by atoms with E-state index in [2.05, 4.69) is 58.4 Å². The third-order valence-electron chi connectivity index (χ3n) is 9.93. The summed E-state index contributed by atoms with van der Waals surface area (Å²) in [6.07, 6.45) is 1.80. The third kappa shape index (κ3) is 9.87. The summed E-state index contributed by atoms with van der Waals surface area (Å²) in [5.41, 5.74) is 1.50. The SMILES string of the molecule is COc1ccc(C(OC[C@H]2O[C@@H](N3C=NC4C(=O)N=C(/N=C\N(C)C)N=C43)C[C@@H]2OP(OCCC#N)N(C(C)C)C(C)C)(c2ccccc2)c2ccc(OC)cc2)cc1. The Morgan fingerprint density at radius 2 is 1.56 bits per heavy atom. The summed E-state index contributed by atoms with van der Waals surface area (Å²) in [6.45, 7) is 8.65. The Kier molecular flexibility index (Phi) is 14.6. The summed E-state index contributed by atoms with van der Waals surface area (Å²) in [5, 5.41) is 9.40. The molecule has 3 aromatic rings. The highest BCUT2D eigenvalue weighted by molar-refractivity contribution is 7.44. The van der Waals surface area contributed by atoms with Gasteiger partial charge in [-0.3, -0.25) is 14.7 Å². The second kappa shape index (κ2) is 19.8. The lowest BCUT2D eigenvalue weighted by Crippen LogP contribution is -2.44. The second-order valence-corrected chi connectivity index (χ2v) is 16.3. The summed E-state index contributed by atoms with van der Waals surface area (Å²) in [4.78, 5) is 34.1. The van der Waals surface area contributed by atoms with E-state index in [0.29, 0.717) is 23.8 Å². The van der Waals surface area contributed by atoms with Gasteiger partial charge in [-0.15, -0.1) is 0 Å². The van der Waals surface area contributed by atoms with Gasteiger partial charge >= 0.3 is 0 Å². The Labute approximate surface area is 347 Å². The smallest absolute Gasteiger partial charge is 0.281 e. The highest BCUT2D eigenvalue weighted by atomic mass is 31.2. The first-order chi connectivity index (χ1) is 28.5. The van der Waals surface area contributed by atoms with Gasteiger partial charge in [-0.2, -0.15) is 15.2 Å². The number of nitriles is 1. The molecule has 3 aromatic carbocycles. The number of methoxy groups -OCH3 is 2. The van der Waals surface area contributed by atoms with Gasteiger partial charge in [0.25, 0.3) is 20.4 Å². The number of hydrogen-bond donors (Lipinski definition) is 0. The number of benzene rings is 3. The molecule has 1 saturated heterocycles. The first-order valence-corrected chi connectivity index (χ1v) is 20.7. The van der Waals surface area contributed by atoms with Crippen LogP contribution in [0, 0.1) is 11.3 Å². The highest BCUT2D eigenvalue weighted by Gasteiger charge is 2.48. The zero-order valence-corrected chi connectivity index (χ0v) is 35.7. The molecule has 1 fully saturated rings. The fourth-order valence-corrected chi connectivity index (χ4v) is 9.01. The number of rotatable bonds is 18. The van der Waals surface area contributed by atoms with Crippen LogP contribution in [0.15, 0.2) is 98.8 Å². The lowest BCUT2D eigenvalue weighted by Gasteiger charge is -2.39. The first kappa shape index (κ1) is 43.5. The average Bonchev–Trinajstić information content (AvgIpc) is 3.85. The fourth-order valence-electron chi connectivity index (χ4n) is 7.26.